The van der Waals surface area contributed by atoms with E-state index >= 15 is 0 Å². The van der Waals surface area contributed by atoms with Gasteiger partial charge in [0, 0.05) is 52.1 Å². The van der Waals surface area contributed by atoms with Crippen molar-refractivity contribution in [1.82, 2.24) is 15.1 Å². The van der Waals surface area contributed by atoms with E-state index in [1.807, 2.05) is 17.9 Å². The van der Waals surface area contributed by atoms with Crippen LogP contribution in [0.3, 0.4) is 0 Å². The quantitative estimate of drug-likeness (QED) is 0.832. The molecule has 126 valence electrons. The van der Waals surface area contributed by atoms with E-state index in [0.717, 1.165) is 39.1 Å². The van der Waals surface area contributed by atoms with Crippen LogP contribution in [0.25, 0.3) is 0 Å². The molecular formula is C18H27N3O2. The fourth-order valence-corrected chi connectivity index (χ4v) is 2.78. The monoisotopic (exact) mass is 317 g/mol. The Morgan fingerprint density at radius 3 is 2.39 bits per heavy atom. The Kier molecular flexibility index (Phi) is 7.07. The summed E-state index contributed by atoms with van der Waals surface area (Å²) in [5.41, 5.74) is 1.31. The highest BCUT2D eigenvalue weighted by Crippen LogP contribution is 2.09. The minimum absolute atomic E-state index is 0.0352. The summed E-state index contributed by atoms with van der Waals surface area (Å²) in [5, 5.41) is 2.80. The standard InChI is InChI=1S/C18H27N3O2/c1-2-6-17(22)19-10-9-18(23)21-13-11-20(12-14-21)15-16-7-4-3-5-8-16/h3-5,7-8H,2,6,9-15H2,1H3,(H,19,22). The predicted octanol–water partition coefficient (Wildman–Crippen LogP) is 1.64. The molecule has 0 aromatic heterocycles. The van der Waals surface area contributed by atoms with Crippen LogP contribution in [0.1, 0.15) is 31.7 Å². The molecule has 5 heteroatoms. The molecule has 1 aromatic carbocycles. The average molecular weight is 317 g/mol. The van der Waals surface area contributed by atoms with Crippen molar-refractivity contribution in [2.45, 2.75) is 32.7 Å². The summed E-state index contributed by atoms with van der Waals surface area (Å²) < 4.78 is 0. The highest BCUT2D eigenvalue weighted by atomic mass is 16.2. The van der Waals surface area contributed by atoms with Gasteiger partial charge in [-0.1, -0.05) is 37.3 Å². The lowest BCUT2D eigenvalue weighted by molar-refractivity contribution is -0.133. The molecular weight excluding hydrogens is 290 g/mol. The molecule has 23 heavy (non-hydrogen) atoms. The van der Waals surface area contributed by atoms with Gasteiger partial charge in [0.25, 0.3) is 0 Å². The van der Waals surface area contributed by atoms with Crippen LogP contribution in [-0.4, -0.2) is 54.3 Å². The van der Waals surface area contributed by atoms with Crippen LogP contribution in [0.2, 0.25) is 0 Å². The van der Waals surface area contributed by atoms with Gasteiger partial charge in [-0.15, -0.1) is 0 Å². The van der Waals surface area contributed by atoms with Gasteiger partial charge in [0.2, 0.25) is 11.8 Å². The number of piperazine rings is 1. The number of carbonyl (C=O) groups excluding carboxylic acids is 2. The van der Waals surface area contributed by atoms with E-state index in [0.29, 0.717) is 19.4 Å². The largest absolute Gasteiger partial charge is 0.356 e. The number of benzene rings is 1. The molecule has 0 aliphatic carbocycles. The first-order valence-corrected chi connectivity index (χ1v) is 8.49. The van der Waals surface area contributed by atoms with E-state index in [4.69, 9.17) is 0 Å². The van der Waals surface area contributed by atoms with Gasteiger partial charge in [-0.2, -0.15) is 0 Å². The third-order valence-electron chi connectivity index (χ3n) is 4.11. The molecule has 0 saturated carbocycles. The summed E-state index contributed by atoms with van der Waals surface area (Å²) in [6.07, 6.45) is 1.77. The second-order valence-corrected chi connectivity index (χ2v) is 5.99. The van der Waals surface area contributed by atoms with Gasteiger partial charge in [0.1, 0.15) is 0 Å². The number of nitrogens with zero attached hydrogens (tertiary/aromatic N) is 2. The molecule has 0 atom stereocenters. The second kappa shape index (κ2) is 9.30. The van der Waals surface area contributed by atoms with Gasteiger partial charge < -0.3 is 10.2 Å². The van der Waals surface area contributed by atoms with Crippen molar-refractivity contribution < 1.29 is 9.59 Å². The predicted molar refractivity (Wildman–Crippen MR) is 90.8 cm³/mol. The molecule has 1 aliphatic heterocycles. The molecule has 2 rings (SSSR count). The SMILES string of the molecule is CCCC(=O)NCCC(=O)N1CCN(Cc2ccccc2)CC1. The van der Waals surface area contributed by atoms with Crippen LogP contribution in [0, 0.1) is 0 Å². The molecule has 1 aromatic rings. The normalized spacial score (nSPS) is 15.4. The average Bonchev–Trinajstić information content (AvgIpc) is 2.56. The molecule has 2 amide bonds. The van der Waals surface area contributed by atoms with Crippen LogP contribution in [0.5, 0.6) is 0 Å². The van der Waals surface area contributed by atoms with Crippen molar-refractivity contribution >= 4 is 11.8 Å². The molecule has 0 bridgehead atoms. The van der Waals surface area contributed by atoms with Crippen LogP contribution in [-0.2, 0) is 16.1 Å². The molecule has 0 spiro atoms. The highest BCUT2D eigenvalue weighted by molar-refractivity contribution is 5.79. The smallest absolute Gasteiger partial charge is 0.224 e. The topological polar surface area (TPSA) is 52.7 Å². The minimum atomic E-state index is 0.0352. The van der Waals surface area contributed by atoms with Crippen molar-refractivity contribution in [3.8, 4) is 0 Å². The van der Waals surface area contributed by atoms with Gasteiger partial charge in [-0.25, -0.2) is 0 Å². The summed E-state index contributed by atoms with van der Waals surface area (Å²) in [6.45, 7) is 6.71. The summed E-state index contributed by atoms with van der Waals surface area (Å²) in [4.78, 5) is 27.8. The van der Waals surface area contributed by atoms with Crippen LogP contribution in [0.4, 0.5) is 0 Å². The lowest BCUT2D eigenvalue weighted by atomic mass is 10.2. The minimum Gasteiger partial charge on any atom is -0.356 e. The fourth-order valence-electron chi connectivity index (χ4n) is 2.78. The molecule has 5 nitrogen and oxygen atoms in total. The zero-order valence-electron chi connectivity index (χ0n) is 14.0. The molecule has 1 aliphatic rings. The lowest BCUT2D eigenvalue weighted by Crippen LogP contribution is -2.48. The highest BCUT2D eigenvalue weighted by Gasteiger charge is 2.20. The fraction of sp³-hybridized carbons (Fsp3) is 0.556. The second-order valence-electron chi connectivity index (χ2n) is 5.99. The molecule has 1 heterocycles. The summed E-state index contributed by atoms with van der Waals surface area (Å²) in [5.74, 6) is 0.175. The first-order valence-electron chi connectivity index (χ1n) is 8.49. The molecule has 1 fully saturated rings. The van der Waals surface area contributed by atoms with E-state index < -0.39 is 0 Å². The number of hydrogen-bond donors (Lipinski definition) is 1. The lowest BCUT2D eigenvalue weighted by Gasteiger charge is -2.34. The van der Waals surface area contributed by atoms with Crippen LogP contribution in [0.15, 0.2) is 30.3 Å². The van der Waals surface area contributed by atoms with E-state index in [1.165, 1.54) is 5.56 Å². The molecule has 1 saturated heterocycles. The first-order chi connectivity index (χ1) is 11.2. The zero-order chi connectivity index (χ0) is 16.5. The number of rotatable bonds is 7. The third kappa shape index (κ3) is 6.02. The van der Waals surface area contributed by atoms with Gasteiger partial charge >= 0.3 is 0 Å². The van der Waals surface area contributed by atoms with Gasteiger partial charge in [0.15, 0.2) is 0 Å². The number of nitrogens with one attached hydrogen (secondary N) is 1. The Balaban J connectivity index is 1.65. The summed E-state index contributed by atoms with van der Waals surface area (Å²) in [7, 11) is 0. The van der Waals surface area contributed by atoms with E-state index in [1.54, 1.807) is 0 Å². The molecule has 0 unspecified atom stereocenters. The maximum Gasteiger partial charge on any atom is 0.224 e. The van der Waals surface area contributed by atoms with E-state index in [9.17, 15) is 9.59 Å². The maximum atomic E-state index is 12.2. The van der Waals surface area contributed by atoms with Crippen LogP contribution < -0.4 is 5.32 Å². The molecule has 1 N–H and O–H groups in total. The van der Waals surface area contributed by atoms with Gasteiger partial charge in [0.05, 0.1) is 0 Å². The summed E-state index contributed by atoms with van der Waals surface area (Å²) in [6, 6.07) is 10.4. The first kappa shape index (κ1) is 17.5. The third-order valence-corrected chi connectivity index (χ3v) is 4.11. The Morgan fingerprint density at radius 2 is 1.74 bits per heavy atom. The Morgan fingerprint density at radius 1 is 1.04 bits per heavy atom. The Hall–Kier alpha value is -1.88. The molecule has 0 radical (unpaired) electrons. The number of carbonyl (C=O) groups is 2. The van der Waals surface area contributed by atoms with Gasteiger partial charge in [-0.05, 0) is 12.0 Å². The van der Waals surface area contributed by atoms with Crippen molar-refractivity contribution in [2.24, 2.45) is 0 Å². The van der Waals surface area contributed by atoms with Crippen molar-refractivity contribution in [2.75, 3.05) is 32.7 Å². The van der Waals surface area contributed by atoms with E-state index in [2.05, 4.69) is 34.5 Å². The zero-order valence-corrected chi connectivity index (χ0v) is 14.0. The van der Waals surface area contributed by atoms with E-state index in [-0.39, 0.29) is 11.8 Å². The van der Waals surface area contributed by atoms with Crippen LogP contribution >= 0.6 is 0 Å². The summed E-state index contributed by atoms with van der Waals surface area (Å²) >= 11 is 0. The van der Waals surface area contributed by atoms with Gasteiger partial charge in [-0.3, -0.25) is 14.5 Å². The number of hydrogen-bond acceptors (Lipinski definition) is 3. The Labute approximate surface area is 138 Å². The van der Waals surface area contributed by atoms with Crippen molar-refractivity contribution in [3.63, 3.8) is 0 Å². The maximum absolute atomic E-state index is 12.2. The Bertz CT molecular complexity index is 496. The van der Waals surface area contributed by atoms with Crippen molar-refractivity contribution in [3.05, 3.63) is 35.9 Å². The number of amides is 2. The van der Waals surface area contributed by atoms with Crippen molar-refractivity contribution in [1.29, 1.82) is 0 Å².